The summed E-state index contributed by atoms with van der Waals surface area (Å²) < 4.78 is 18.8. The fourth-order valence-corrected chi connectivity index (χ4v) is 2.76. The summed E-state index contributed by atoms with van der Waals surface area (Å²) in [5.74, 6) is -0.0133. The van der Waals surface area contributed by atoms with Gasteiger partial charge in [0.2, 0.25) is 5.89 Å². The molecule has 0 aliphatic rings. The van der Waals surface area contributed by atoms with Gasteiger partial charge >= 0.3 is 0 Å². The molecule has 4 aromatic rings. The molecule has 0 radical (unpaired) electrons. The topological polar surface area (TPSA) is 111 Å². The molecule has 0 atom stereocenters. The summed E-state index contributed by atoms with van der Waals surface area (Å²) in [6.07, 6.45) is 1.53. The van der Waals surface area contributed by atoms with E-state index >= 15 is 0 Å². The molecule has 8 nitrogen and oxygen atoms in total. The van der Waals surface area contributed by atoms with Crippen LogP contribution in [-0.4, -0.2) is 45.1 Å². The number of nitrogens with two attached hydrogens (primary N) is 1. The minimum absolute atomic E-state index is 0. The van der Waals surface area contributed by atoms with Gasteiger partial charge in [-0.1, -0.05) is 12.1 Å². The molecule has 0 fully saturated rings. The Kier molecular flexibility index (Phi) is 4.93. The summed E-state index contributed by atoms with van der Waals surface area (Å²) >= 11 is 0. The van der Waals surface area contributed by atoms with Crippen LogP contribution in [0.4, 0.5) is 10.2 Å². The number of hydrogen-bond donors (Lipinski definition) is 1. The van der Waals surface area contributed by atoms with Crippen molar-refractivity contribution in [1.82, 2.24) is 25.1 Å². The maximum Gasteiger partial charge on any atom is 0.270 e. The highest BCUT2D eigenvalue weighted by atomic mass is 19.1. The monoisotopic (exact) mass is 406 g/mol. The molecule has 0 aliphatic carbocycles. The molecule has 0 aliphatic heterocycles. The lowest BCUT2D eigenvalue weighted by Crippen LogP contribution is -2.21. The van der Waals surface area contributed by atoms with Crippen molar-refractivity contribution >= 4 is 11.7 Å². The lowest BCUT2D eigenvalue weighted by Gasteiger charge is -2.10. The van der Waals surface area contributed by atoms with Crippen LogP contribution in [0, 0.1) is 5.82 Å². The normalized spacial score (nSPS) is 10.8. The number of nitrogens with zero attached hydrogens (tertiary/aromatic N) is 5. The third kappa shape index (κ3) is 3.72. The molecule has 4 rings (SSSR count). The largest absolute Gasteiger partial charge is 0.414 e. The van der Waals surface area contributed by atoms with Crippen LogP contribution < -0.4 is 5.73 Å². The van der Waals surface area contributed by atoms with E-state index in [-0.39, 0.29) is 36.4 Å². The number of rotatable bonds is 4. The van der Waals surface area contributed by atoms with Gasteiger partial charge < -0.3 is 15.1 Å². The Morgan fingerprint density at radius 3 is 2.30 bits per heavy atom. The molecule has 0 saturated carbocycles. The minimum Gasteiger partial charge on any atom is -0.414 e. The minimum atomic E-state index is -0.361. The van der Waals surface area contributed by atoms with Crippen molar-refractivity contribution < 1.29 is 15.0 Å². The number of halogens is 1. The highest BCUT2D eigenvalue weighted by Crippen LogP contribution is 2.28. The molecule has 2 aromatic heterocycles. The Labute approximate surface area is 172 Å². The SMILES string of the molecule is CN(C)C(=O)c1ccc(-c2cnc(N)c(-c3nnc(-c4ccc(F)cc4)o3)n2)cc1.[HH]. The average molecular weight is 406 g/mol. The third-order valence-electron chi connectivity index (χ3n) is 4.35. The number of anilines is 1. The zero-order valence-electron chi connectivity index (χ0n) is 16.2. The molecule has 2 aromatic carbocycles. The number of carbonyl (C=O) groups excluding carboxylic acids is 1. The first-order valence-electron chi connectivity index (χ1n) is 8.97. The van der Waals surface area contributed by atoms with Crippen LogP contribution in [0.1, 0.15) is 11.8 Å². The highest BCUT2D eigenvalue weighted by Gasteiger charge is 2.17. The van der Waals surface area contributed by atoms with Crippen LogP contribution in [0.2, 0.25) is 0 Å². The Morgan fingerprint density at radius 2 is 1.63 bits per heavy atom. The summed E-state index contributed by atoms with van der Waals surface area (Å²) in [5, 5.41) is 7.97. The van der Waals surface area contributed by atoms with Crippen molar-refractivity contribution in [2.75, 3.05) is 19.8 Å². The second-order valence-electron chi connectivity index (χ2n) is 6.69. The van der Waals surface area contributed by atoms with Crippen molar-refractivity contribution in [3.63, 3.8) is 0 Å². The van der Waals surface area contributed by atoms with Gasteiger partial charge in [-0.25, -0.2) is 14.4 Å². The van der Waals surface area contributed by atoms with Crippen LogP contribution in [-0.2, 0) is 0 Å². The van der Waals surface area contributed by atoms with Gasteiger partial charge in [0.05, 0.1) is 11.9 Å². The zero-order chi connectivity index (χ0) is 21.3. The maximum absolute atomic E-state index is 13.1. The average Bonchev–Trinajstić information content (AvgIpc) is 3.24. The summed E-state index contributed by atoms with van der Waals surface area (Å²) in [5.41, 5.74) is 8.61. The van der Waals surface area contributed by atoms with Gasteiger partial charge in [0.15, 0.2) is 11.5 Å². The van der Waals surface area contributed by atoms with E-state index in [0.29, 0.717) is 16.8 Å². The van der Waals surface area contributed by atoms with Crippen molar-refractivity contribution in [3.8, 4) is 34.3 Å². The number of amides is 1. The number of benzene rings is 2. The first-order chi connectivity index (χ1) is 14.4. The first-order valence-corrected chi connectivity index (χ1v) is 8.97. The predicted molar refractivity (Wildman–Crippen MR) is 111 cm³/mol. The van der Waals surface area contributed by atoms with Gasteiger partial charge in [0.1, 0.15) is 5.82 Å². The quantitative estimate of drug-likeness (QED) is 0.552. The number of hydrogen-bond acceptors (Lipinski definition) is 7. The van der Waals surface area contributed by atoms with E-state index in [0.717, 1.165) is 5.56 Å². The molecule has 0 unspecified atom stereocenters. The molecule has 30 heavy (non-hydrogen) atoms. The molecule has 0 bridgehead atoms. The summed E-state index contributed by atoms with van der Waals surface area (Å²) in [6.45, 7) is 0. The van der Waals surface area contributed by atoms with E-state index in [1.807, 2.05) is 0 Å². The van der Waals surface area contributed by atoms with Gasteiger partial charge in [0.25, 0.3) is 11.8 Å². The van der Waals surface area contributed by atoms with Gasteiger partial charge in [-0.15, -0.1) is 10.2 Å². The van der Waals surface area contributed by atoms with Crippen molar-refractivity contribution in [2.45, 2.75) is 0 Å². The Morgan fingerprint density at radius 1 is 1.00 bits per heavy atom. The molecule has 2 N–H and O–H groups in total. The molecular formula is C21H19FN6O2. The van der Waals surface area contributed by atoms with E-state index in [1.54, 1.807) is 38.4 Å². The van der Waals surface area contributed by atoms with E-state index < -0.39 is 0 Å². The van der Waals surface area contributed by atoms with Gasteiger partial charge in [0, 0.05) is 32.2 Å². The second kappa shape index (κ2) is 7.70. The molecule has 1 amide bonds. The number of carbonyl (C=O) groups is 1. The molecular weight excluding hydrogens is 387 g/mol. The third-order valence-corrected chi connectivity index (χ3v) is 4.35. The van der Waals surface area contributed by atoms with E-state index in [9.17, 15) is 9.18 Å². The van der Waals surface area contributed by atoms with Gasteiger partial charge in [-0.2, -0.15) is 0 Å². The highest BCUT2D eigenvalue weighted by molar-refractivity contribution is 5.94. The molecule has 0 spiro atoms. The summed E-state index contributed by atoms with van der Waals surface area (Å²) in [7, 11) is 3.39. The molecule has 2 heterocycles. The summed E-state index contributed by atoms with van der Waals surface area (Å²) in [6, 6.07) is 12.7. The predicted octanol–water partition coefficient (Wildman–Crippen LogP) is 3.53. The molecule has 0 saturated heterocycles. The Hall–Kier alpha value is -4.14. The second-order valence-corrected chi connectivity index (χ2v) is 6.69. The van der Waals surface area contributed by atoms with Gasteiger partial charge in [-0.3, -0.25) is 4.79 Å². The standard InChI is InChI=1S/C21H17FN6O2.H2/c1-28(2)21(29)14-5-3-12(4-6-14)16-11-24-18(23)17(25-16)20-27-26-19(30-20)13-7-9-15(22)10-8-13;/h3-11H,1-2H3,(H2,23,24);1H. The van der Waals surface area contributed by atoms with Crippen molar-refractivity contribution in [1.29, 1.82) is 0 Å². The molecule has 152 valence electrons. The van der Waals surface area contributed by atoms with E-state index in [2.05, 4.69) is 20.2 Å². The van der Waals surface area contributed by atoms with E-state index in [4.69, 9.17) is 10.2 Å². The van der Waals surface area contributed by atoms with Crippen molar-refractivity contribution in [3.05, 3.63) is 66.1 Å². The lowest BCUT2D eigenvalue weighted by molar-refractivity contribution is 0.0827. The zero-order valence-corrected chi connectivity index (χ0v) is 16.2. The van der Waals surface area contributed by atoms with Crippen LogP contribution >= 0.6 is 0 Å². The van der Waals surface area contributed by atoms with Crippen LogP contribution in [0.25, 0.3) is 34.3 Å². The fourth-order valence-electron chi connectivity index (χ4n) is 2.76. The van der Waals surface area contributed by atoms with Crippen LogP contribution in [0.15, 0.2) is 59.1 Å². The number of aromatic nitrogens is 4. The lowest BCUT2D eigenvalue weighted by atomic mass is 10.1. The molecule has 9 heteroatoms. The Balaban J connectivity index is 0.00000272. The van der Waals surface area contributed by atoms with Gasteiger partial charge in [-0.05, 0) is 36.4 Å². The Bertz CT molecular complexity index is 1210. The van der Waals surface area contributed by atoms with Crippen LogP contribution in [0.5, 0.6) is 0 Å². The fraction of sp³-hybridized carbons (Fsp3) is 0.0952. The van der Waals surface area contributed by atoms with E-state index in [1.165, 1.54) is 35.4 Å². The first kappa shape index (κ1) is 19.2. The van der Waals surface area contributed by atoms with Crippen molar-refractivity contribution in [2.24, 2.45) is 0 Å². The summed E-state index contributed by atoms with van der Waals surface area (Å²) in [4.78, 5) is 22.2. The van der Waals surface area contributed by atoms with Crippen LogP contribution in [0.3, 0.4) is 0 Å². The number of nitrogen functional groups attached to an aromatic ring is 1. The maximum atomic E-state index is 13.1. The smallest absolute Gasteiger partial charge is 0.270 e.